The summed E-state index contributed by atoms with van der Waals surface area (Å²) >= 11 is 0. The summed E-state index contributed by atoms with van der Waals surface area (Å²) in [6.07, 6.45) is 3.15. The zero-order chi connectivity index (χ0) is 19.3. The van der Waals surface area contributed by atoms with Crippen LogP contribution in [0.4, 0.5) is 18.9 Å². The molecule has 0 fully saturated rings. The second kappa shape index (κ2) is 8.05. The van der Waals surface area contributed by atoms with Crippen LogP contribution in [-0.4, -0.2) is 27.2 Å². The summed E-state index contributed by atoms with van der Waals surface area (Å²) in [4.78, 5) is 11.8. The van der Waals surface area contributed by atoms with Crippen molar-refractivity contribution in [3.63, 3.8) is 0 Å². The molecule has 0 heterocycles. The minimum Gasteiger partial charge on any atom is -0.434 e. The largest absolute Gasteiger partial charge is 0.434 e. The van der Waals surface area contributed by atoms with Crippen LogP contribution in [0, 0.1) is 5.82 Å². The van der Waals surface area contributed by atoms with Gasteiger partial charge in [-0.2, -0.15) is 8.78 Å². The quantitative estimate of drug-likeness (QED) is 0.610. The molecule has 0 bridgehead atoms. The van der Waals surface area contributed by atoms with Gasteiger partial charge in [0.2, 0.25) is 5.91 Å². The summed E-state index contributed by atoms with van der Waals surface area (Å²) in [5, 5.41) is 2.20. The highest BCUT2D eigenvalue weighted by Gasteiger charge is 2.12. The molecule has 9 heteroatoms. The van der Waals surface area contributed by atoms with E-state index in [1.165, 1.54) is 24.3 Å². The minimum atomic E-state index is -3.57. The van der Waals surface area contributed by atoms with Crippen molar-refractivity contribution in [2.45, 2.75) is 11.5 Å². The number of rotatable bonds is 6. The molecular formula is C17H14F3NO4S. The third-order valence-electron chi connectivity index (χ3n) is 3.17. The second-order valence-corrected chi connectivity index (χ2v) is 7.17. The summed E-state index contributed by atoms with van der Waals surface area (Å²) in [6.45, 7) is -3.02. The number of hydrogen-bond acceptors (Lipinski definition) is 4. The number of sulfone groups is 1. The molecule has 0 aliphatic carbocycles. The van der Waals surface area contributed by atoms with Crippen LogP contribution in [0.1, 0.15) is 5.56 Å². The Labute approximate surface area is 148 Å². The maximum atomic E-state index is 13.8. The van der Waals surface area contributed by atoms with E-state index in [4.69, 9.17) is 0 Å². The second-order valence-electron chi connectivity index (χ2n) is 5.15. The monoisotopic (exact) mass is 385 g/mol. The van der Waals surface area contributed by atoms with Crippen molar-refractivity contribution in [1.29, 1.82) is 0 Å². The number of carbonyl (C=O) groups is 1. The smallest absolute Gasteiger partial charge is 0.387 e. The van der Waals surface area contributed by atoms with E-state index in [1.54, 1.807) is 6.07 Å². The highest BCUT2D eigenvalue weighted by molar-refractivity contribution is 7.90. The van der Waals surface area contributed by atoms with Crippen LogP contribution in [0.2, 0.25) is 0 Å². The molecule has 0 unspecified atom stereocenters. The van der Waals surface area contributed by atoms with Gasteiger partial charge in [0, 0.05) is 17.9 Å². The summed E-state index contributed by atoms with van der Waals surface area (Å²) in [6, 6.07) is 8.79. The zero-order valence-electron chi connectivity index (χ0n) is 13.4. The molecule has 0 aliphatic rings. The molecule has 1 N–H and O–H groups in total. The van der Waals surface area contributed by atoms with Crippen molar-refractivity contribution in [3.05, 3.63) is 59.9 Å². The SMILES string of the molecule is CS(=O)(=O)c1ccc(F)c(NC(=O)/C=C/c2ccccc2OC(F)F)c1. The molecule has 26 heavy (non-hydrogen) atoms. The Bertz CT molecular complexity index is 943. The van der Waals surface area contributed by atoms with Crippen LogP contribution in [0.3, 0.4) is 0 Å². The van der Waals surface area contributed by atoms with Gasteiger partial charge in [0.25, 0.3) is 0 Å². The maximum Gasteiger partial charge on any atom is 0.387 e. The Balaban J connectivity index is 2.18. The third kappa shape index (κ3) is 5.35. The Hall–Kier alpha value is -2.81. The highest BCUT2D eigenvalue weighted by atomic mass is 32.2. The van der Waals surface area contributed by atoms with Crippen LogP contribution in [0.5, 0.6) is 5.75 Å². The van der Waals surface area contributed by atoms with Crippen molar-refractivity contribution in [3.8, 4) is 5.75 Å². The van der Waals surface area contributed by atoms with E-state index in [1.807, 2.05) is 0 Å². The lowest BCUT2D eigenvalue weighted by Crippen LogP contribution is -2.10. The Morgan fingerprint density at radius 2 is 1.88 bits per heavy atom. The first kappa shape index (κ1) is 19.5. The summed E-state index contributed by atoms with van der Waals surface area (Å²) < 4.78 is 65.8. The Kier molecular flexibility index (Phi) is 6.04. The van der Waals surface area contributed by atoms with E-state index < -0.39 is 28.2 Å². The van der Waals surface area contributed by atoms with E-state index in [0.717, 1.165) is 30.5 Å². The number of amides is 1. The zero-order valence-corrected chi connectivity index (χ0v) is 14.3. The molecule has 0 aromatic heterocycles. The first-order chi connectivity index (χ1) is 12.2. The first-order valence-electron chi connectivity index (χ1n) is 7.19. The van der Waals surface area contributed by atoms with Gasteiger partial charge in [-0.05, 0) is 30.3 Å². The number of carbonyl (C=O) groups excluding carboxylic acids is 1. The number of halogens is 3. The lowest BCUT2D eigenvalue weighted by molar-refractivity contribution is -0.111. The molecule has 0 radical (unpaired) electrons. The van der Waals surface area contributed by atoms with E-state index in [0.29, 0.717) is 0 Å². The Morgan fingerprint density at radius 1 is 1.19 bits per heavy atom. The van der Waals surface area contributed by atoms with E-state index in [9.17, 15) is 26.4 Å². The number of hydrogen-bond donors (Lipinski definition) is 1. The Morgan fingerprint density at radius 3 is 2.54 bits per heavy atom. The summed E-state index contributed by atoms with van der Waals surface area (Å²) in [7, 11) is -3.57. The van der Waals surface area contributed by atoms with Gasteiger partial charge < -0.3 is 10.1 Å². The van der Waals surface area contributed by atoms with E-state index >= 15 is 0 Å². The van der Waals surface area contributed by atoms with Crippen molar-refractivity contribution in [2.24, 2.45) is 0 Å². The molecule has 138 valence electrons. The van der Waals surface area contributed by atoms with Crippen LogP contribution in [0.25, 0.3) is 6.08 Å². The van der Waals surface area contributed by atoms with Gasteiger partial charge in [0.1, 0.15) is 11.6 Å². The van der Waals surface area contributed by atoms with Crippen LogP contribution < -0.4 is 10.1 Å². The molecule has 0 saturated carbocycles. The molecule has 2 aromatic carbocycles. The average molecular weight is 385 g/mol. The van der Waals surface area contributed by atoms with Gasteiger partial charge >= 0.3 is 6.61 Å². The van der Waals surface area contributed by atoms with Crippen LogP contribution >= 0.6 is 0 Å². The first-order valence-corrected chi connectivity index (χ1v) is 9.08. The van der Waals surface area contributed by atoms with Crippen LogP contribution in [0.15, 0.2) is 53.4 Å². The van der Waals surface area contributed by atoms with Crippen molar-refractivity contribution in [1.82, 2.24) is 0 Å². The third-order valence-corrected chi connectivity index (χ3v) is 4.28. The van der Waals surface area contributed by atoms with Gasteiger partial charge in [-0.3, -0.25) is 4.79 Å². The van der Waals surface area contributed by atoms with Gasteiger partial charge in [0.15, 0.2) is 9.84 Å². The lowest BCUT2D eigenvalue weighted by atomic mass is 10.2. The molecular weight excluding hydrogens is 371 g/mol. The predicted octanol–water partition coefficient (Wildman–Crippen LogP) is 3.48. The number of ether oxygens (including phenoxy) is 1. The molecule has 0 saturated heterocycles. The number of benzene rings is 2. The number of anilines is 1. The molecule has 5 nitrogen and oxygen atoms in total. The van der Waals surface area contributed by atoms with E-state index in [-0.39, 0.29) is 21.9 Å². The fourth-order valence-corrected chi connectivity index (χ4v) is 2.64. The molecule has 0 spiro atoms. The minimum absolute atomic E-state index is 0.128. The lowest BCUT2D eigenvalue weighted by Gasteiger charge is -2.08. The molecule has 1 amide bonds. The van der Waals surface area contributed by atoms with Crippen molar-refractivity contribution in [2.75, 3.05) is 11.6 Å². The normalized spacial score (nSPS) is 11.7. The predicted molar refractivity (Wildman–Crippen MR) is 90.2 cm³/mol. The van der Waals surface area contributed by atoms with E-state index in [2.05, 4.69) is 10.1 Å². The fourth-order valence-electron chi connectivity index (χ4n) is 1.99. The molecule has 2 rings (SSSR count). The maximum absolute atomic E-state index is 13.8. The van der Waals surface area contributed by atoms with Gasteiger partial charge in [-0.15, -0.1) is 0 Å². The molecule has 0 atom stereocenters. The average Bonchev–Trinajstić information content (AvgIpc) is 2.54. The number of nitrogens with one attached hydrogen (secondary N) is 1. The highest BCUT2D eigenvalue weighted by Crippen LogP contribution is 2.22. The standard InChI is InChI=1S/C17H14F3NO4S/c1-26(23,24)12-7-8-13(18)14(10-12)21-16(22)9-6-11-4-2-3-5-15(11)25-17(19)20/h2-10,17H,1H3,(H,21,22)/b9-6+. The van der Waals surface area contributed by atoms with Crippen LogP contribution in [-0.2, 0) is 14.6 Å². The molecule has 0 aliphatic heterocycles. The number of alkyl halides is 2. The topological polar surface area (TPSA) is 72.5 Å². The fraction of sp³-hybridized carbons (Fsp3) is 0.118. The van der Waals surface area contributed by atoms with Gasteiger partial charge in [-0.1, -0.05) is 18.2 Å². The summed E-state index contributed by atoms with van der Waals surface area (Å²) in [5.41, 5.74) is -0.104. The van der Waals surface area contributed by atoms with Crippen molar-refractivity contribution >= 4 is 27.5 Å². The van der Waals surface area contributed by atoms with Crippen molar-refractivity contribution < 1.29 is 31.1 Å². The number of para-hydroxylation sites is 1. The van der Waals surface area contributed by atoms with Gasteiger partial charge in [0.05, 0.1) is 10.6 Å². The van der Waals surface area contributed by atoms with Gasteiger partial charge in [-0.25, -0.2) is 12.8 Å². The molecule has 2 aromatic rings. The summed E-state index contributed by atoms with van der Waals surface area (Å²) in [5.74, 6) is -1.72.